The van der Waals surface area contributed by atoms with Crippen LogP contribution in [0.3, 0.4) is 0 Å². The van der Waals surface area contributed by atoms with Crippen LogP contribution in [0, 0.1) is 0 Å². The molecule has 4 heteroatoms. The number of hydrogen-bond acceptors (Lipinski definition) is 0. The van der Waals surface area contributed by atoms with Crippen LogP contribution >= 0.6 is 0 Å². The standard InChI is InChI=1S/2O.Ti.Y/q2*-2;+4;+3. The third kappa shape index (κ3) is 9.28. The van der Waals surface area contributed by atoms with Gasteiger partial charge in [0.05, 0.1) is 0 Å². The normalized spacial score (nSPS) is 0. The zero-order valence-corrected chi connectivity index (χ0v) is 6.29. The van der Waals surface area contributed by atoms with Crippen molar-refractivity contribution < 1.29 is 65.4 Å². The molecular weight excluding hydrogens is 169 g/mol. The van der Waals surface area contributed by atoms with Gasteiger partial charge in [0, 0.05) is 0 Å². The molecule has 0 fully saturated rings. The van der Waals surface area contributed by atoms with Crippen LogP contribution in [0.5, 0.6) is 0 Å². The van der Waals surface area contributed by atoms with Gasteiger partial charge in [-0.15, -0.1) is 0 Å². The maximum absolute atomic E-state index is 0. The van der Waals surface area contributed by atoms with Crippen molar-refractivity contribution in [3.63, 3.8) is 0 Å². The van der Waals surface area contributed by atoms with Crippen LogP contribution in [0.4, 0.5) is 0 Å². The summed E-state index contributed by atoms with van der Waals surface area (Å²) in [6, 6.07) is 0. The molecule has 0 heterocycles. The van der Waals surface area contributed by atoms with Crippen molar-refractivity contribution in [1.29, 1.82) is 0 Å². The Hall–Kier alpha value is 1.74. The Morgan fingerprint density at radius 1 is 0.750 bits per heavy atom. The Labute approximate surface area is 64.7 Å². The molecule has 0 aliphatic rings. The Kier molecular flexibility index (Phi) is 234. The van der Waals surface area contributed by atoms with Gasteiger partial charge in [-0.05, 0) is 0 Å². The summed E-state index contributed by atoms with van der Waals surface area (Å²) in [5, 5.41) is 0. The molecule has 0 radical (unpaired) electrons. The van der Waals surface area contributed by atoms with E-state index >= 15 is 0 Å². The molecule has 0 saturated heterocycles. The summed E-state index contributed by atoms with van der Waals surface area (Å²) >= 11 is 0. The average Bonchev–Trinajstić information content (AvgIpc) is 0. The van der Waals surface area contributed by atoms with Gasteiger partial charge in [0.15, 0.2) is 0 Å². The number of hydrogen-bond donors (Lipinski definition) is 0. The van der Waals surface area contributed by atoms with E-state index in [-0.39, 0.29) is 65.4 Å². The second-order valence-electron chi connectivity index (χ2n) is 0. The Morgan fingerprint density at radius 2 is 0.750 bits per heavy atom. The van der Waals surface area contributed by atoms with Crippen LogP contribution in [0.2, 0.25) is 0 Å². The summed E-state index contributed by atoms with van der Waals surface area (Å²) in [7, 11) is 0. The van der Waals surface area contributed by atoms with E-state index in [1.807, 2.05) is 0 Å². The number of rotatable bonds is 0. The van der Waals surface area contributed by atoms with Gasteiger partial charge >= 0.3 is 54.4 Å². The van der Waals surface area contributed by atoms with Crippen LogP contribution in [0.25, 0.3) is 0 Å². The van der Waals surface area contributed by atoms with E-state index in [1.54, 1.807) is 0 Å². The van der Waals surface area contributed by atoms with E-state index in [1.165, 1.54) is 0 Å². The fourth-order valence-corrected chi connectivity index (χ4v) is 0. The molecule has 0 unspecified atom stereocenters. The van der Waals surface area contributed by atoms with Gasteiger partial charge in [-0.2, -0.15) is 0 Å². The monoisotopic (exact) mass is 169 g/mol. The molecule has 0 saturated carbocycles. The van der Waals surface area contributed by atoms with Crippen molar-refractivity contribution in [2.75, 3.05) is 0 Å². The topological polar surface area (TPSA) is 57.0 Å². The van der Waals surface area contributed by atoms with Crippen LogP contribution in [0.1, 0.15) is 0 Å². The van der Waals surface area contributed by atoms with E-state index in [4.69, 9.17) is 0 Å². The second-order valence-corrected chi connectivity index (χ2v) is 0. The predicted molar refractivity (Wildman–Crippen MR) is 1.37 cm³/mol. The summed E-state index contributed by atoms with van der Waals surface area (Å²) in [5.41, 5.74) is 0. The van der Waals surface area contributed by atoms with Gasteiger partial charge in [0.2, 0.25) is 0 Å². The predicted octanol–water partition coefficient (Wildman–Crippen LogP) is -0.243. The van der Waals surface area contributed by atoms with Crippen LogP contribution in [-0.2, 0) is 65.4 Å². The molecule has 0 aromatic heterocycles. The van der Waals surface area contributed by atoms with Gasteiger partial charge in [-0.1, -0.05) is 0 Å². The van der Waals surface area contributed by atoms with Crippen molar-refractivity contribution in [3.05, 3.63) is 0 Å². The molecule has 0 rings (SSSR count). The fraction of sp³-hybridized carbons (Fsp3) is 0. The maximum Gasteiger partial charge on any atom is 4.00 e. The first-order valence-corrected chi connectivity index (χ1v) is 0. The van der Waals surface area contributed by atoms with Crippen molar-refractivity contribution >= 4 is 0 Å². The van der Waals surface area contributed by atoms with Gasteiger partial charge in [0.1, 0.15) is 0 Å². The third-order valence-corrected chi connectivity index (χ3v) is 0. The van der Waals surface area contributed by atoms with Crippen molar-refractivity contribution in [2.45, 2.75) is 0 Å². The first-order valence-electron chi connectivity index (χ1n) is 0. The van der Waals surface area contributed by atoms with Crippen molar-refractivity contribution in [2.24, 2.45) is 0 Å². The van der Waals surface area contributed by atoms with Gasteiger partial charge in [-0.25, -0.2) is 0 Å². The minimum Gasteiger partial charge on any atom is -2.00 e. The van der Waals surface area contributed by atoms with Gasteiger partial charge in [0.25, 0.3) is 0 Å². The molecule has 0 spiro atoms. The average molecular weight is 169 g/mol. The zero-order valence-electron chi connectivity index (χ0n) is 1.89. The summed E-state index contributed by atoms with van der Waals surface area (Å²) < 4.78 is 0. The van der Waals surface area contributed by atoms with Gasteiger partial charge in [-0.3, -0.25) is 0 Å². The molecule has 0 aliphatic heterocycles. The Bertz CT molecular complexity index is 6.00. The first kappa shape index (κ1) is 42.6. The Balaban J connectivity index is 0. The molecule has 0 bridgehead atoms. The fourth-order valence-electron chi connectivity index (χ4n) is 0. The van der Waals surface area contributed by atoms with E-state index in [0.29, 0.717) is 0 Å². The van der Waals surface area contributed by atoms with Crippen molar-refractivity contribution in [1.82, 2.24) is 0 Å². The summed E-state index contributed by atoms with van der Waals surface area (Å²) in [6.45, 7) is 0. The SMILES string of the molecule is [O-2].[O-2].[Ti+4].[Y+3]. The Morgan fingerprint density at radius 3 is 0.750 bits per heavy atom. The van der Waals surface area contributed by atoms with Crippen molar-refractivity contribution in [3.8, 4) is 0 Å². The van der Waals surface area contributed by atoms with Crippen LogP contribution in [-0.4, -0.2) is 0 Å². The summed E-state index contributed by atoms with van der Waals surface area (Å²) in [5.74, 6) is 0. The summed E-state index contributed by atoms with van der Waals surface area (Å²) in [4.78, 5) is 0. The minimum absolute atomic E-state index is 0. The smallest absolute Gasteiger partial charge is 2.00 e. The van der Waals surface area contributed by atoms with Crippen LogP contribution in [0.15, 0.2) is 0 Å². The molecular formula is O2TiY+3. The van der Waals surface area contributed by atoms with E-state index < -0.39 is 0 Å². The molecule has 16 valence electrons. The molecule has 0 N–H and O–H groups in total. The largest absolute Gasteiger partial charge is 4.00 e. The molecule has 0 amide bonds. The maximum atomic E-state index is 0. The van der Waals surface area contributed by atoms with Crippen LogP contribution < -0.4 is 0 Å². The third-order valence-electron chi connectivity index (χ3n) is 0. The van der Waals surface area contributed by atoms with Gasteiger partial charge < -0.3 is 11.0 Å². The second kappa shape index (κ2) is 21.9. The molecule has 0 aromatic rings. The first-order chi connectivity index (χ1) is 0. The van der Waals surface area contributed by atoms with E-state index in [9.17, 15) is 0 Å². The minimum atomic E-state index is 0. The summed E-state index contributed by atoms with van der Waals surface area (Å²) in [6.07, 6.45) is 0. The zero-order chi connectivity index (χ0) is 0. The molecule has 0 aromatic carbocycles. The van der Waals surface area contributed by atoms with E-state index in [2.05, 4.69) is 0 Å². The molecule has 2 nitrogen and oxygen atoms in total. The quantitative estimate of drug-likeness (QED) is 0.449. The van der Waals surface area contributed by atoms with E-state index in [0.717, 1.165) is 0 Å². The molecule has 0 aliphatic carbocycles. The molecule has 0 atom stereocenters. The molecule has 4 heavy (non-hydrogen) atoms.